The van der Waals surface area contributed by atoms with E-state index >= 15 is 0 Å². The molecule has 0 saturated carbocycles. The summed E-state index contributed by atoms with van der Waals surface area (Å²) in [7, 11) is 0. The molecule has 9 heteroatoms. The molecule has 0 saturated heterocycles. The van der Waals surface area contributed by atoms with Crippen molar-refractivity contribution in [3.05, 3.63) is 99.9 Å². The Morgan fingerprint density at radius 3 is 2.46 bits per heavy atom. The van der Waals surface area contributed by atoms with E-state index in [9.17, 15) is 14.4 Å². The van der Waals surface area contributed by atoms with Crippen LogP contribution in [0.5, 0.6) is 0 Å². The molecule has 2 amide bonds. The van der Waals surface area contributed by atoms with Gasteiger partial charge >= 0.3 is 5.97 Å². The minimum absolute atomic E-state index is 0.228. The van der Waals surface area contributed by atoms with E-state index in [2.05, 4.69) is 10.6 Å². The zero-order valence-electron chi connectivity index (χ0n) is 21.6. The summed E-state index contributed by atoms with van der Waals surface area (Å²) >= 11 is 8.63. The number of carbonyl (C=O) groups is 3. The van der Waals surface area contributed by atoms with Crippen molar-refractivity contribution >= 4 is 63.2 Å². The van der Waals surface area contributed by atoms with Gasteiger partial charge in [0.25, 0.3) is 5.91 Å². The Kier molecular flexibility index (Phi) is 9.45. The Hall–Kier alpha value is -3.59. The number of ether oxygens (including phenoxy) is 1. The summed E-state index contributed by atoms with van der Waals surface area (Å²) in [6.45, 7) is 5.76. The van der Waals surface area contributed by atoms with Gasteiger partial charge in [0.15, 0.2) is 0 Å². The van der Waals surface area contributed by atoms with E-state index in [4.69, 9.17) is 16.3 Å². The lowest BCUT2D eigenvalue weighted by molar-refractivity contribution is -0.115. The van der Waals surface area contributed by atoms with Crippen LogP contribution in [0.25, 0.3) is 11.1 Å². The third kappa shape index (κ3) is 7.29. The molecular weight excluding hydrogens is 552 g/mol. The van der Waals surface area contributed by atoms with E-state index in [1.165, 1.54) is 23.1 Å². The second-order valence-corrected chi connectivity index (χ2v) is 11.4. The Balaban J connectivity index is 1.47. The minimum Gasteiger partial charge on any atom is -0.462 e. The summed E-state index contributed by atoms with van der Waals surface area (Å²) in [5.74, 6) is -1.01. The van der Waals surface area contributed by atoms with E-state index in [-0.39, 0.29) is 18.4 Å². The Bertz CT molecular complexity index is 1500. The molecule has 2 N–H and O–H groups in total. The fraction of sp³-hybridized carbons (Fsp3) is 0.167. The monoisotopic (exact) mass is 578 g/mol. The molecule has 1 unspecified atom stereocenters. The number of carbonyl (C=O) groups excluding carboxylic acids is 3. The number of nitrogens with one attached hydrogen (secondary N) is 2. The van der Waals surface area contributed by atoms with Crippen molar-refractivity contribution in [2.24, 2.45) is 0 Å². The summed E-state index contributed by atoms with van der Waals surface area (Å²) in [6.07, 6.45) is 0. The predicted octanol–water partition coefficient (Wildman–Crippen LogP) is 7.93. The highest BCUT2D eigenvalue weighted by Crippen LogP contribution is 2.37. The SMILES string of the molecule is CCOC(=O)c1c(-c2ccc(C)cc2)csc1NC(=O)C(C)Sc1cccc(NC(=O)c2cccc(Cl)c2)c1. The zero-order valence-corrected chi connectivity index (χ0v) is 24.0. The highest BCUT2D eigenvalue weighted by molar-refractivity contribution is 8.00. The number of anilines is 2. The average molecular weight is 579 g/mol. The summed E-state index contributed by atoms with van der Waals surface area (Å²) in [6, 6.07) is 21.8. The van der Waals surface area contributed by atoms with Crippen LogP contribution in [0.15, 0.2) is 83.1 Å². The number of benzene rings is 3. The number of thioether (sulfide) groups is 1. The van der Waals surface area contributed by atoms with Gasteiger partial charge in [0, 0.05) is 32.1 Å². The number of esters is 1. The molecule has 4 rings (SSSR count). The molecule has 4 aromatic rings. The van der Waals surface area contributed by atoms with E-state index in [0.717, 1.165) is 21.6 Å². The first-order chi connectivity index (χ1) is 18.7. The summed E-state index contributed by atoms with van der Waals surface area (Å²) in [5, 5.41) is 8.09. The van der Waals surface area contributed by atoms with Crippen molar-refractivity contribution in [1.82, 2.24) is 0 Å². The second-order valence-electron chi connectivity index (χ2n) is 8.68. The van der Waals surface area contributed by atoms with Gasteiger partial charge in [-0.1, -0.05) is 53.6 Å². The zero-order chi connectivity index (χ0) is 27.9. The number of hydrogen-bond donors (Lipinski definition) is 2. The Morgan fingerprint density at radius 2 is 1.74 bits per heavy atom. The van der Waals surface area contributed by atoms with Gasteiger partial charge in [0.2, 0.25) is 5.91 Å². The van der Waals surface area contributed by atoms with E-state index < -0.39 is 11.2 Å². The summed E-state index contributed by atoms with van der Waals surface area (Å²) in [5.41, 5.74) is 4.10. The smallest absolute Gasteiger partial charge is 0.341 e. The number of hydrogen-bond acceptors (Lipinski definition) is 6. The summed E-state index contributed by atoms with van der Waals surface area (Å²) in [4.78, 5) is 39.4. The van der Waals surface area contributed by atoms with Crippen LogP contribution in [0, 0.1) is 6.92 Å². The van der Waals surface area contributed by atoms with Crippen molar-refractivity contribution in [1.29, 1.82) is 0 Å². The number of amides is 2. The van der Waals surface area contributed by atoms with E-state index in [1.54, 1.807) is 44.2 Å². The van der Waals surface area contributed by atoms with Crippen LogP contribution in [0.4, 0.5) is 10.7 Å². The van der Waals surface area contributed by atoms with Gasteiger partial charge in [-0.3, -0.25) is 9.59 Å². The topological polar surface area (TPSA) is 84.5 Å². The Labute approximate surface area is 240 Å². The third-order valence-corrected chi connectivity index (χ3v) is 7.95. The van der Waals surface area contributed by atoms with Gasteiger partial charge in [0.05, 0.1) is 11.9 Å². The maximum Gasteiger partial charge on any atom is 0.341 e. The first kappa shape index (κ1) is 28.4. The van der Waals surface area contributed by atoms with Crippen molar-refractivity contribution in [2.45, 2.75) is 30.9 Å². The molecule has 3 aromatic carbocycles. The van der Waals surface area contributed by atoms with Crippen LogP contribution >= 0.6 is 34.7 Å². The molecule has 0 spiro atoms. The molecule has 1 heterocycles. The molecule has 0 aliphatic heterocycles. The van der Waals surface area contributed by atoms with Gasteiger partial charge in [0.1, 0.15) is 10.6 Å². The molecule has 39 heavy (non-hydrogen) atoms. The molecule has 200 valence electrons. The molecule has 1 atom stereocenters. The van der Waals surface area contributed by atoms with Crippen LogP contribution in [0.3, 0.4) is 0 Å². The first-order valence-electron chi connectivity index (χ1n) is 12.2. The van der Waals surface area contributed by atoms with Crippen LogP contribution in [-0.2, 0) is 9.53 Å². The number of rotatable bonds is 9. The third-order valence-electron chi connectivity index (χ3n) is 5.73. The molecule has 1 aromatic heterocycles. The van der Waals surface area contributed by atoms with E-state index in [1.807, 2.05) is 54.8 Å². The number of halogens is 1. The molecule has 0 bridgehead atoms. The lowest BCUT2D eigenvalue weighted by Gasteiger charge is -2.14. The van der Waals surface area contributed by atoms with Gasteiger partial charge in [-0.2, -0.15) is 0 Å². The highest BCUT2D eigenvalue weighted by atomic mass is 35.5. The highest BCUT2D eigenvalue weighted by Gasteiger charge is 2.24. The van der Waals surface area contributed by atoms with Gasteiger partial charge < -0.3 is 15.4 Å². The van der Waals surface area contributed by atoms with Crippen LogP contribution in [0.1, 0.15) is 40.1 Å². The van der Waals surface area contributed by atoms with Crippen LogP contribution in [0.2, 0.25) is 5.02 Å². The molecular formula is C30H27ClN2O4S2. The maximum atomic E-state index is 13.2. The normalized spacial score (nSPS) is 11.5. The molecule has 6 nitrogen and oxygen atoms in total. The molecule has 0 aliphatic carbocycles. The maximum absolute atomic E-state index is 13.2. The van der Waals surface area contributed by atoms with Gasteiger partial charge in [-0.25, -0.2) is 4.79 Å². The molecule has 0 aliphatic rings. The first-order valence-corrected chi connectivity index (χ1v) is 14.4. The van der Waals surface area contributed by atoms with Crippen molar-refractivity contribution in [3.63, 3.8) is 0 Å². The largest absolute Gasteiger partial charge is 0.462 e. The van der Waals surface area contributed by atoms with Gasteiger partial charge in [-0.15, -0.1) is 23.1 Å². The fourth-order valence-electron chi connectivity index (χ4n) is 3.75. The quantitative estimate of drug-likeness (QED) is 0.156. The number of aryl methyl sites for hydroxylation is 1. The van der Waals surface area contributed by atoms with Crippen molar-refractivity contribution in [3.8, 4) is 11.1 Å². The fourth-order valence-corrected chi connectivity index (χ4v) is 5.83. The predicted molar refractivity (Wildman–Crippen MR) is 160 cm³/mol. The number of thiophene rings is 1. The second kappa shape index (κ2) is 13.0. The van der Waals surface area contributed by atoms with E-state index in [0.29, 0.717) is 26.8 Å². The molecule has 0 radical (unpaired) electrons. The lowest BCUT2D eigenvalue weighted by Crippen LogP contribution is -2.23. The Morgan fingerprint density at radius 1 is 1.00 bits per heavy atom. The van der Waals surface area contributed by atoms with Gasteiger partial charge in [-0.05, 0) is 62.7 Å². The minimum atomic E-state index is -0.483. The average Bonchev–Trinajstić information content (AvgIpc) is 3.33. The molecule has 0 fully saturated rings. The van der Waals surface area contributed by atoms with Crippen molar-refractivity contribution < 1.29 is 19.1 Å². The standard InChI is InChI=1S/C30H27ClN2O4S2/c1-4-37-30(36)26-25(20-13-11-18(2)12-14-20)17-38-29(26)33-27(34)19(3)39-24-10-6-9-23(16-24)32-28(35)21-7-5-8-22(31)15-21/h5-17,19H,4H2,1-3H3,(H,32,35)(H,33,34). The summed E-state index contributed by atoms with van der Waals surface area (Å²) < 4.78 is 5.30. The van der Waals surface area contributed by atoms with Crippen LogP contribution in [-0.4, -0.2) is 29.6 Å². The lowest BCUT2D eigenvalue weighted by atomic mass is 10.0. The van der Waals surface area contributed by atoms with Crippen molar-refractivity contribution in [2.75, 3.05) is 17.2 Å². The van der Waals surface area contributed by atoms with Crippen LogP contribution < -0.4 is 10.6 Å².